The van der Waals surface area contributed by atoms with E-state index >= 15 is 0 Å². The van der Waals surface area contributed by atoms with E-state index < -0.39 is 0 Å². The number of hydrogen-bond donors (Lipinski definition) is 1. The fraction of sp³-hybridized carbons (Fsp3) is 0.391. The fourth-order valence-electron chi connectivity index (χ4n) is 3.24. The predicted octanol–water partition coefficient (Wildman–Crippen LogP) is 4.27. The standard InChI is InChI=1S/C23H29N3O2/c1-3-7-23(27)24-15-6-10-22-25-20-8-4-5-9-21(20)26(22)16-17-28-19-13-11-18(2)12-14-19/h4-5,8-9,11-14H,3,6-7,10,15-17H2,1-2H3,(H,24,27). The van der Waals surface area contributed by atoms with Crippen LogP contribution in [0.3, 0.4) is 0 Å². The molecule has 0 spiro atoms. The number of amides is 1. The molecule has 0 atom stereocenters. The van der Waals surface area contributed by atoms with Gasteiger partial charge in [-0.25, -0.2) is 4.98 Å². The maximum absolute atomic E-state index is 11.6. The summed E-state index contributed by atoms with van der Waals surface area (Å²) < 4.78 is 8.15. The number of carbonyl (C=O) groups excluding carboxylic acids is 1. The van der Waals surface area contributed by atoms with Gasteiger partial charge in [-0.1, -0.05) is 36.8 Å². The summed E-state index contributed by atoms with van der Waals surface area (Å²) in [6.45, 7) is 6.09. The largest absolute Gasteiger partial charge is 0.492 e. The number of nitrogens with zero attached hydrogens (tertiary/aromatic N) is 2. The van der Waals surface area contributed by atoms with E-state index in [-0.39, 0.29) is 5.91 Å². The SMILES string of the molecule is CCCC(=O)NCCCc1nc2ccccc2n1CCOc1ccc(C)cc1. The van der Waals surface area contributed by atoms with Gasteiger partial charge in [0.05, 0.1) is 17.6 Å². The van der Waals surface area contributed by atoms with Crippen LogP contribution in [-0.2, 0) is 17.8 Å². The van der Waals surface area contributed by atoms with Crippen LogP contribution in [0.1, 0.15) is 37.6 Å². The van der Waals surface area contributed by atoms with Crippen LogP contribution in [0.15, 0.2) is 48.5 Å². The molecule has 0 bridgehead atoms. The number of aryl methyl sites for hydroxylation is 2. The number of benzene rings is 2. The summed E-state index contributed by atoms with van der Waals surface area (Å²) in [7, 11) is 0. The first-order chi connectivity index (χ1) is 13.7. The number of nitrogens with one attached hydrogen (secondary N) is 1. The van der Waals surface area contributed by atoms with Crippen LogP contribution in [0.25, 0.3) is 11.0 Å². The third kappa shape index (κ3) is 5.35. The number of para-hydroxylation sites is 2. The molecule has 0 aliphatic rings. The molecule has 1 amide bonds. The van der Waals surface area contributed by atoms with E-state index in [1.807, 2.05) is 37.3 Å². The lowest BCUT2D eigenvalue weighted by molar-refractivity contribution is -0.121. The molecule has 0 fully saturated rings. The van der Waals surface area contributed by atoms with Crippen LogP contribution in [0.2, 0.25) is 0 Å². The lowest BCUT2D eigenvalue weighted by Gasteiger charge is -2.11. The summed E-state index contributed by atoms with van der Waals surface area (Å²) in [5.74, 6) is 2.05. The minimum atomic E-state index is 0.127. The first-order valence-corrected chi connectivity index (χ1v) is 10.1. The molecule has 3 aromatic rings. The molecule has 0 aliphatic heterocycles. The van der Waals surface area contributed by atoms with Crippen LogP contribution >= 0.6 is 0 Å². The third-order valence-corrected chi connectivity index (χ3v) is 4.71. The minimum Gasteiger partial charge on any atom is -0.492 e. The Bertz CT molecular complexity index is 900. The Labute approximate surface area is 166 Å². The van der Waals surface area contributed by atoms with Crippen LogP contribution < -0.4 is 10.1 Å². The highest BCUT2D eigenvalue weighted by Crippen LogP contribution is 2.18. The van der Waals surface area contributed by atoms with Crippen LogP contribution in [0.5, 0.6) is 5.75 Å². The van der Waals surface area contributed by atoms with Gasteiger partial charge in [0.15, 0.2) is 0 Å². The molecule has 0 unspecified atom stereocenters. The molecular formula is C23H29N3O2. The zero-order chi connectivity index (χ0) is 19.8. The normalized spacial score (nSPS) is 10.9. The molecule has 28 heavy (non-hydrogen) atoms. The molecule has 5 heteroatoms. The molecule has 0 aliphatic carbocycles. The smallest absolute Gasteiger partial charge is 0.219 e. The molecule has 0 saturated carbocycles. The first-order valence-electron chi connectivity index (χ1n) is 10.1. The first kappa shape index (κ1) is 19.9. The molecule has 0 saturated heterocycles. The van der Waals surface area contributed by atoms with E-state index in [4.69, 9.17) is 9.72 Å². The van der Waals surface area contributed by atoms with E-state index in [1.54, 1.807) is 0 Å². The van der Waals surface area contributed by atoms with Gasteiger partial charge in [0.1, 0.15) is 18.2 Å². The summed E-state index contributed by atoms with van der Waals surface area (Å²) in [5, 5.41) is 2.98. The van der Waals surface area contributed by atoms with Crippen LogP contribution in [-0.4, -0.2) is 28.6 Å². The summed E-state index contributed by atoms with van der Waals surface area (Å²) >= 11 is 0. The number of rotatable bonds is 10. The molecule has 1 N–H and O–H groups in total. The van der Waals surface area contributed by atoms with Crippen molar-refractivity contribution >= 4 is 16.9 Å². The average Bonchev–Trinajstić information content (AvgIpc) is 3.05. The molecule has 1 aromatic heterocycles. The van der Waals surface area contributed by atoms with Crippen molar-refractivity contribution in [3.05, 3.63) is 59.9 Å². The summed E-state index contributed by atoms with van der Waals surface area (Å²) in [6.07, 6.45) is 3.17. The van der Waals surface area contributed by atoms with E-state index in [0.717, 1.165) is 48.4 Å². The lowest BCUT2D eigenvalue weighted by Crippen LogP contribution is -2.24. The highest BCUT2D eigenvalue weighted by atomic mass is 16.5. The van der Waals surface area contributed by atoms with Gasteiger partial charge in [0.25, 0.3) is 0 Å². The summed E-state index contributed by atoms with van der Waals surface area (Å²) in [5.41, 5.74) is 3.35. The highest BCUT2D eigenvalue weighted by Gasteiger charge is 2.10. The van der Waals surface area contributed by atoms with E-state index in [0.29, 0.717) is 19.6 Å². The summed E-state index contributed by atoms with van der Waals surface area (Å²) in [6, 6.07) is 16.3. The zero-order valence-electron chi connectivity index (χ0n) is 16.8. The van der Waals surface area contributed by atoms with Gasteiger partial charge in [-0.15, -0.1) is 0 Å². The molecule has 5 nitrogen and oxygen atoms in total. The Morgan fingerprint density at radius 2 is 1.93 bits per heavy atom. The van der Waals surface area contributed by atoms with Gasteiger partial charge in [-0.2, -0.15) is 0 Å². The Balaban J connectivity index is 1.61. The van der Waals surface area contributed by atoms with Gasteiger partial charge in [-0.3, -0.25) is 4.79 Å². The number of carbonyl (C=O) groups is 1. The second kappa shape index (κ2) is 9.93. The fourth-order valence-corrected chi connectivity index (χ4v) is 3.24. The monoisotopic (exact) mass is 379 g/mol. The highest BCUT2D eigenvalue weighted by molar-refractivity contribution is 5.76. The van der Waals surface area contributed by atoms with E-state index in [2.05, 4.69) is 35.0 Å². The van der Waals surface area contributed by atoms with E-state index in [9.17, 15) is 4.79 Å². The van der Waals surface area contributed by atoms with E-state index in [1.165, 1.54) is 5.56 Å². The second-order valence-electron chi connectivity index (χ2n) is 7.03. The average molecular weight is 380 g/mol. The van der Waals surface area contributed by atoms with Crippen molar-refractivity contribution in [1.82, 2.24) is 14.9 Å². The van der Waals surface area contributed by atoms with Crippen molar-refractivity contribution in [3.63, 3.8) is 0 Å². The summed E-state index contributed by atoms with van der Waals surface area (Å²) in [4.78, 5) is 16.4. The number of aromatic nitrogens is 2. The number of ether oxygens (including phenoxy) is 1. The third-order valence-electron chi connectivity index (χ3n) is 4.71. The van der Waals surface area contributed by atoms with Crippen LogP contribution in [0, 0.1) is 6.92 Å². The molecule has 1 heterocycles. The van der Waals surface area contributed by atoms with Gasteiger partial charge in [-0.05, 0) is 44.0 Å². The Morgan fingerprint density at radius 3 is 2.71 bits per heavy atom. The zero-order valence-corrected chi connectivity index (χ0v) is 16.8. The van der Waals surface area contributed by atoms with Gasteiger partial charge >= 0.3 is 0 Å². The van der Waals surface area contributed by atoms with Crippen molar-refractivity contribution in [2.45, 2.75) is 46.1 Å². The maximum Gasteiger partial charge on any atom is 0.219 e. The Kier molecular flexibility index (Phi) is 7.06. The topological polar surface area (TPSA) is 56.2 Å². The maximum atomic E-state index is 11.6. The second-order valence-corrected chi connectivity index (χ2v) is 7.03. The lowest BCUT2D eigenvalue weighted by atomic mass is 10.2. The van der Waals surface area contributed by atoms with Crippen LogP contribution in [0.4, 0.5) is 0 Å². The molecular weight excluding hydrogens is 350 g/mol. The molecule has 0 radical (unpaired) electrons. The Morgan fingerprint density at radius 1 is 1.14 bits per heavy atom. The van der Waals surface area contributed by atoms with Crippen molar-refractivity contribution in [2.24, 2.45) is 0 Å². The molecule has 148 valence electrons. The van der Waals surface area contributed by atoms with Crippen molar-refractivity contribution < 1.29 is 9.53 Å². The molecule has 2 aromatic carbocycles. The Hall–Kier alpha value is -2.82. The minimum absolute atomic E-state index is 0.127. The van der Waals surface area contributed by atoms with Gasteiger partial charge in [0, 0.05) is 19.4 Å². The van der Waals surface area contributed by atoms with Crippen molar-refractivity contribution in [2.75, 3.05) is 13.2 Å². The number of hydrogen-bond acceptors (Lipinski definition) is 3. The van der Waals surface area contributed by atoms with Crippen molar-refractivity contribution in [1.29, 1.82) is 0 Å². The van der Waals surface area contributed by atoms with Gasteiger partial charge < -0.3 is 14.6 Å². The van der Waals surface area contributed by atoms with Gasteiger partial charge in [0.2, 0.25) is 5.91 Å². The number of fused-ring (bicyclic) bond motifs is 1. The molecule has 3 rings (SSSR count). The predicted molar refractivity (Wildman–Crippen MR) is 113 cm³/mol. The van der Waals surface area contributed by atoms with Crippen molar-refractivity contribution in [3.8, 4) is 5.75 Å². The quantitative estimate of drug-likeness (QED) is 0.535. The number of imidazole rings is 1.